The number of aliphatic carboxylic acids is 1. The third-order valence-corrected chi connectivity index (χ3v) is 3.40. The van der Waals surface area contributed by atoms with Crippen molar-refractivity contribution in [3.05, 3.63) is 29.8 Å². The molecule has 0 spiro atoms. The van der Waals surface area contributed by atoms with Crippen molar-refractivity contribution in [3.63, 3.8) is 0 Å². The summed E-state index contributed by atoms with van der Waals surface area (Å²) in [5.74, 6) is -1.75. The van der Waals surface area contributed by atoms with Crippen molar-refractivity contribution in [1.82, 2.24) is 0 Å². The number of carboxylic acid groups (broad SMARTS) is 1. The van der Waals surface area contributed by atoms with Crippen LogP contribution in [0.5, 0.6) is 0 Å². The van der Waals surface area contributed by atoms with Crippen molar-refractivity contribution in [2.24, 2.45) is 5.73 Å². The highest BCUT2D eigenvalue weighted by Crippen LogP contribution is 2.13. The molecule has 0 aliphatic carbocycles. The molecule has 7 heteroatoms. The molecule has 0 aliphatic heterocycles. The Hall–Kier alpha value is -2.02. The van der Waals surface area contributed by atoms with Gasteiger partial charge in [-0.15, -0.1) is 11.8 Å². The smallest absolute Gasteiger partial charge is 0.316 e. The number of carbonyl (C=O) groups is 3. The first-order valence-electron chi connectivity index (χ1n) is 5.44. The third kappa shape index (κ3) is 5.01. The topological polar surface area (TPSA) is 109 Å². The number of hydrogen-bond acceptors (Lipinski definition) is 4. The van der Waals surface area contributed by atoms with E-state index in [0.717, 1.165) is 11.8 Å². The van der Waals surface area contributed by atoms with E-state index in [-0.39, 0.29) is 11.7 Å². The minimum atomic E-state index is -0.955. The number of carboxylic acids is 1. The maximum absolute atomic E-state index is 11.5. The molecule has 2 amide bonds. The van der Waals surface area contributed by atoms with Crippen LogP contribution >= 0.6 is 11.8 Å². The molecular weight excluding hydrogens is 268 g/mol. The van der Waals surface area contributed by atoms with Gasteiger partial charge in [0.25, 0.3) is 0 Å². The first-order valence-corrected chi connectivity index (χ1v) is 6.49. The van der Waals surface area contributed by atoms with E-state index in [1.165, 1.54) is 19.1 Å². The van der Waals surface area contributed by atoms with Crippen LogP contribution in [0, 0.1) is 0 Å². The van der Waals surface area contributed by atoms with Crippen molar-refractivity contribution < 1.29 is 19.5 Å². The van der Waals surface area contributed by atoms with Crippen LogP contribution in [-0.4, -0.2) is 33.9 Å². The molecule has 19 heavy (non-hydrogen) atoms. The van der Waals surface area contributed by atoms with Crippen LogP contribution in [0.15, 0.2) is 24.3 Å². The summed E-state index contributed by atoms with van der Waals surface area (Å²) in [5, 5.41) is 10.6. The van der Waals surface area contributed by atoms with Crippen LogP contribution in [0.2, 0.25) is 0 Å². The maximum Gasteiger partial charge on any atom is 0.316 e. The second kappa shape index (κ2) is 6.79. The highest BCUT2D eigenvalue weighted by molar-refractivity contribution is 8.01. The van der Waals surface area contributed by atoms with E-state index in [9.17, 15) is 14.4 Å². The zero-order chi connectivity index (χ0) is 14.4. The number of anilines is 1. The Balaban J connectivity index is 2.48. The molecule has 1 atom stereocenters. The van der Waals surface area contributed by atoms with Gasteiger partial charge >= 0.3 is 5.97 Å². The molecule has 0 radical (unpaired) electrons. The molecule has 1 unspecified atom stereocenters. The number of nitrogens with one attached hydrogen (secondary N) is 1. The van der Waals surface area contributed by atoms with Gasteiger partial charge in [-0.2, -0.15) is 0 Å². The Morgan fingerprint density at radius 2 is 1.89 bits per heavy atom. The number of amides is 2. The van der Waals surface area contributed by atoms with Gasteiger partial charge in [0, 0.05) is 11.3 Å². The number of nitrogens with two attached hydrogens (primary N) is 1. The summed E-state index contributed by atoms with van der Waals surface area (Å²) in [6.07, 6.45) is 0. The minimum absolute atomic E-state index is 0.0467. The zero-order valence-corrected chi connectivity index (χ0v) is 11.1. The van der Waals surface area contributed by atoms with Gasteiger partial charge in [-0.3, -0.25) is 14.4 Å². The quantitative estimate of drug-likeness (QED) is 0.719. The number of thioether (sulfide) groups is 1. The summed E-state index contributed by atoms with van der Waals surface area (Å²) >= 11 is 1.03. The van der Waals surface area contributed by atoms with Crippen LogP contribution in [-0.2, 0) is 9.59 Å². The lowest BCUT2D eigenvalue weighted by Gasteiger charge is -2.07. The summed E-state index contributed by atoms with van der Waals surface area (Å²) in [4.78, 5) is 33.0. The lowest BCUT2D eigenvalue weighted by atomic mass is 10.2. The molecule has 0 saturated heterocycles. The number of carbonyl (C=O) groups excluding carboxylic acids is 2. The second-order valence-electron chi connectivity index (χ2n) is 3.78. The number of benzene rings is 1. The van der Waals surface area contributed by atoms with Gasteiger partial charge in [-0.1, -0.05) is 0 Å². The third-order valence-electron chi connectivity index (χ3n) is 2.27. The average molecular weight is 282 g/mol. The van der Waals surface area contributed by atoms with E-state index >= 15 is 0 Å². The highest BCUT2D eigenvalue weighted by Gasteiger charge is 2.13. The van der Waals surface area contributed by atoms with Crippen LogP contribution in [0.3, 0.4) is 0 Å². The van der Waals surface area contributed by atoms with Crippen molar-refractivity contribution >= 4 is 35.2 Å². The Morgan fingerprint density at radius 3 is 2.37 bits per heavy atom. The summed E-state index contributed by atoms with van der Waals surface area (Å²) < 4.78 is 0. The highest BCUT2D eigenvalue weighted by atomic mass is 32.2. The molecule has 0 heterocycles. The summed E-state index contributed by atoms with van der Waals surface area (Å²) in [5.41, 5.74) is 5.97. The Kier molecular flexibility index (Phi) is 5.37. The van der Waals surface area contributed by atoms with Gasteiger partial charge in [0.15, 0.2) is 0 Å². The standard InChI is InChI=1S/C12H14N2O4S/c1-7(12(17)18)19-6-10(15)14-9-4-2-8(3-5-9)11(13)16/h2-5,7H,6H2,1H3,(H2,13,16)(H,14,15)(H,17,18). The van der Waals surface area contributed by atoms with Gasteiger partial charge < -0.3 is 16.2 Å². The molecule has 102 valence electrons. The minimum Gasteiger partial charge on any atom is -0.480 e. The molecule has 1 aromatic rings. The lowest BCUT2D eigenvalue weighted by Crippen LogP contribution is -2.19. The fraction of sp³-hybridized carbons (Fsp3) is 0.250. The predicted molar refractivity (Wildman–Crippen MR) is 73.1 cm³/mol. The largest absolute Gasteiger partial charge is 0.480 e. The number of hydrogen-bond donors (Lipinski definition) is 3. The van der Waals surface area contributed by atoms with E-state index in [4.69, 9.17) is 10.8 Å². The average Bonchev–Trinajstić information content (AvgIpc) is 2.36. The molecule has 0 fully saturated rings. The van der Waals surface area contributed by atoms with Crippen molar-refractivity contribution in [3.8, 4) is 0 Å². The first kappa shape index (κ1) is 15.0. The fourth-order valence-corrected chi connectivity index (χ4v) is 1.80. The van der Waals surface area contributed by atoms with E-state index in [1.54, 1.807) is 12.1 Å². The van der Waals surface area contributed by atoms with E-state index in [2.05, 4.69) is 5.32 Å². The normalized spacial score (nSPS) is 11.6. The van der Waals surface area contributed by atoms with Crippen molar-refractivity contribution in [1.29, 1.82) is 0 Å². The van der Waals surface area contributed by atoms with Crippen LogP contribution < -0.4 is 11.1 Å². The molecule has 4 N–H and O–H groups in total. The van der Waals surface area contributed by atoms with E-state index in [1.807, 2.05) is 0 Å². The second-order valence-corrected chi connectivity index (χ2v) is 5.11. The van der Waals surface area contributed by atoms with E-state index < -0.39 is 17.1 Å². The van der Waals surface area contributed by atoms with Crippen molar-refractivity contribution in [2.75, 3.05) is 11.1 Å². The Bertz CT molecular complexity index is 487. The summed E-state index contributed by atoms with van der Waals surface area (Å²) in [6, 6.07) is 6.13. The van der Waals surface area contributed by atoms with Crippen LogP contribution in [0.4, 0.5) is 5.69 Å². The van der Waals surface area contributed by atoms with Crippen LogP contribution in [0.1, 0.15) is 17.3 Å². The number of rotatable bonds is 6. The molecule has 1 aromatic carbocycles. The van der Waals surface area contributed by atoms with Gasteiger partial charge in [0.05, 0.1) is 11.0 Å². The zero-order valence-electron chi connectivity index (χ0n) is 10.3. The molecule has 0 aromatic heterocycles. The predicted octanol–water partition coefficient (Wildman–Crippen LogP) is 0.930. The maximum atomic E-state index is 11.5. The summed E-state index contributed by atoms with van der Waals surface area (Å²) in [7, 11) is 0. The molecule has 0 bridgehead atoms. The van der Waals surface area contributed by atoms with Crippen LogP contribution in [0.25, 0.3) is 0 Å². The SMILES string of the molecule is CC(SCC(=O)Nc1ccc(C(N)=O)cc1)C(=O)O. The molecule has 1 rings (SSSR count). The van der Waals surface area contributed by atoms with Gasteiger partial charge in [0.2, 0.25) is 11.8 Å². The van der Waals surface area contributed by atoms with Gasteiger partial charge in [0.1, 0.15) is 0 Å². The monoisotopic (exact) mass is 282 g/mol. The summed E-state index contributed by atoms with van der Waals surface area (Å²) in [6.45, 7) is 1.52. The number of primary amides is 1. The Labute approximate surface area is 114 Å². The van der Waals surface area contributed by atoms with E-state index in [0.29, 0.717) is 11.3 Å². The Morgan fingerprint density at radius 1 is 1.32 bits per heavy atom. The van der Waals surface area contributed by atoms with Gasteiger partial charge in [-0.05, 0) is 31.2 Å². The molecular formula is C12H14N2O4S. The molecule has 0 saturated carbocycles. The first-order chi connectivity index (χ1) is 8.90. The van der Waals surface area contributed by atoms with Gasteiger partial charge in [-0.25, -0.2) is 0 Å². The lowest BCUT2D eigenvalue weighted by molar-refractivity contribution is -0.136. The molecule has 6 nitrogen and oxygen atoms in total. The molecule has 0 aliphatic rings. The van der Waals surface area contributed by atoms with Crippen molar-refractivity contribution in [2.45, 2.75) is 12.2 Å². The fourth-order valence-electron chi connectivity index (χ4n) is 1.19.